The monoisotopic (exact) mass is 447 g/mol. The third kappa shape index (κ3) is 9.23. The molecule has 0 saturated heterocycles. The number of carbonyl (C=O) groups excluding carboxylic acids is 1. The van der Waals surface area contributed by atoms with E-state index in [0.29, 0.717) is 26.2 Å². The van der Waals surface area contributed by atoms with Gasteiger partial charge in [-0.1, -0.05) is 36.4 Å². The molecule has 1 N–H and O–H groups in total. The molecule has 0 radical (unpaired) electrons. The van der Waals surface area contributed by atoms with Crippen LogP contribution in [0.2, 0.25) is 0 Å². The van der Waals surface area contributed by atoms with E-state index in [1.807, 2.05) is 43.3 Å². The Morgan fingerprint density at radius 1 is 1.03 bits per heavy atom. The standard InChI is InChI=1S/C23H29NO6S/c1-4-28-22(23(25)29-5-2)17-19-8-12-20(13-9-19)24-16-6-7-18-10-14-21(15-11-18)30-31(3,26)27/h6-15,22,24H,4-5,16-17H2,1-3H3/b7-6+/t22-/m1/s1. The van der Waals surface area contributed by atoms with E-state index < -0.39 is 16.2 Å². The van der Waals surface area contributed by atoms with Crippen LogP contribution >= 0.6 is 0 Å². The fourth-order valence-corrected chi connectivity index (χ4v) is 3.26. The molecular weight excluding hydrogens is 418 g/mol. The molecule has 0 fully saturated rings. The highest BCUT2D eigenvalue weighted by atomic mass is 32.2. The quantitative estimate of drug-likeness (QED) is 0.392. The van der Waals surface area contributed by atoms with Gasteiger partial charge in [0.1, 0.15) is 5.75 Å². The summed E-state index contributed by atoms with van der Waals surface area (Å²) < 4.78 is 37.6. The molecule has 31 heavy (non-hydrogen) atoms. The van der Waals surface area contributed by atoms with E-state index in [1.165, 1.54) is 0 Å². The molecule has 0 bridgehead atoms. The minimum absolute atomic E-state index is 0.285. The Morgan fingerprint density at radius 2 is 1.71 bits per heavy atom. The van der Waals surface area contributed by atoms with Crippen molar-refractivity contribution in [1.82, 2.24) is 0 Å². The summed E-state index contributed by atoms with van der Waals surface area (Å²) in [6.07, 6.45) is 4.77. The fourth-order valence-electron chi connectivity index (χ4n) is 2.80. The molecule has 0 unspecified atom stereocenters. The molecule has 2 rings (SSSR count). The number of esters is 1. The Balaban J connectivity index is 1.84. The molecule has 0 saturated carbocycles. The van der Waals surface area contributed by atoms with E-state index >= 15 is 0 Å². The third-order valence-electron chi connectivity index (χ3n) is 4.15. The van der Waals surface area contributed by atoms with Gasteiger partial charge in [-0.3, -0.25) is 0 Å². The van der Waals surface area contributed by atoms with Crippen molar-refractivity contribution in [3.05, 3.63) is 65.7 Å². The smallest absolute Gasteiger partial charge is 0.335 e. The van der Waals surface area contributed by atoms with Gasteiger partial charge in [-0.25, -0.2) is 4.79 Å². The van der Waals surface area contributed by atoms with Gasteiger partial charge in [0.15, 0.2) is 6.10 Å². The van der Waals surface area contributed by atoms with Crippen molar-refractivity contribution in [3.8, 4) is 5.75 Å². The van der Waals surface area contributed by atoms with Crippen LogP contribution in [-0.4, -0.2) is 46.5 Å². The van der Waals surface area contributed by atoms with E-state index in [0.717, 1.165) is 23.1 Å². The minimum atomic E-state index is -3.52. The number of carbonyl (C=O) groups is 1. The summed E-state index contributed by atoms with van der Waals surface area (Å²) in [4.78, 5) is 12.0. The van der Waals surface area contributed by atoms with Crippen molar-refractivity contribution in [3.63, 3.8) is 0 Å². The maximum Gasteiger partial charge on any atom is 0.335 e. The Hall–Kier alpha value is -2.84. The summed E-state index contributed by atoms with van der Waals surface area (Å²) in [5, 5.41) is 3.29. The van der Waals surface area contributed by atoms with Crippen molar-refractivity contribution in [2.24, 2.45) is 0 Å². The summed E-state index contributed by atoms with van der Waals surface area (Å²) in [5.41, 5.74) is 2.87. The number of benzene rings is 2. The first-order valence-electron chi connectivity index (χ1n) is 10.1. The van der Waals surface area contributed by atoms with Crippen molar-refractivity contribution in [2.45, 2.75) is 26.4 Å². The van der Waals surface area contributed by atoms with Gasteiger partial charge in [0, 0.05) is 25.3 Å². The summed E-state index contributed by atoms with van der Waals surface area (Å²) in [5.74, 6) is -0.0556. The fraction of sp³-hybridized carbons (Fsp3) is 0.348. The van der Waals surface area contributed by atoms with E-state index in [-0.39, 0.29) is 11.7 Å². The lowest BCUT2D eigenvalue weighted by Gasteiger charge is -2.15. The summed E-state index contributed by atoms with van der Waals surface area (Å²) in [6.45, 7) is 5.02. The van der Waals surface area contributed by atoms with Crippen molar-refractivity contribution in [2.75, 3.05) is 31.3 Å². The molecule has 8 heteroatoms. The minimum Gasteiger partial charge on any atom is -0.464 e. The average molecular weight is 448 g/mol. The number of rotatable bonds is 12. The Morgan fingerprint density at radius 3 is 2.29 bits per heavy atom. The molecule has 0 aliphatic rings. The van der Waals surface area contributed by atoms with Crippen LogP contribution in [0, 0.1) is 0 Å². The van der Waals surface area contributed by atoms with Crippen LogP contribution in [0.3, 0.4) is 0 Å². The second kappa shape index (κ2) is 12.1. The Kier molecular flexibility index (Phi) is 9.55. The number of hydrogen-bond acceptors (Lipinski definition) is 7. The van der Waals surface area contributed by atoms with Crippen LogP contribution in [0.15, 0.2) is 54.6 Å². The topological polar surface area (TPSA) is 90.9 Å². The summed E-state index contributed by atoms with van der Waals surface area (Å²) >= 11 is 0. The molecule has 7 nitrogen and oxygen atoms in total. The lowest BCUT2D eigenvalue weighted by molar-refractivity contribution is -0.156. The molecule has 0 amide bonds. The molecule has 2 aromatic carbocycles. The predicted octanol–water partition coefficient (Wildman–Crippen LogP) is 3.66. The van der Waals surface area contributed by atoms with Gasteiger partial charge in [0.25, 0.3) is 0 Å². The highest BCUT2D eigenvalue weighted by molar-refractivity contribution is 7.86. The molecule has 0 aromatic heterocycles. The maximum atomic E-state index is 12.0. The largest absolute Gasteiger partial charge is 0.464 e. The number of nitrogens with one attached hydrogen (secondary N) is 1. The van der Waals surface area contributed by atoms with E-state index in [2.05, 4.69) is 5.32 Å². The number of hydrogen-bond donors (Lipinski definition) is 1. The van der Waals surface area contributed by atoms with Crippen LogP contribution in [0.5, 0.6) is 5.75 Å². The zero-order valence-corrected chi connectivity index (χ0v) is 18.9. The SMILES string of the molecule is CCOC(=O)[C@@H](Cc1ccc(NC/C=C/c2ccc(OS(C)(=O)=O)cc2)cc1)OCC. The van der Waals surface area contributed by atoms with E-state index in [9.17, 15) is 13.2 Å². The Labute approximate surface area is 184 Å². The van der Waals surface area contributed by atoms with Gasteiger partial charge < -0.3 is 19.0 Å². The first kappa shape index (κ1) is 24.4. The molecule has 0 aliphatic heterocycles. The van der Waals surface area contributed by atoms with Gasteiger partial charge in [0.05, 0.1) is 12.9 Å². The maximum absolute atomic E-state index is 12.0. The van der Waals surface area contributed by atoms with Crippen LogP contribution < -0.4 is 9.50 Å². The van der Waals surface area contributed by atoms with Crippen molar-refractivity contribution < 1.29 is 26.9 Å². The molecule has 1 atom stereocenters. The molecule has 0 spiro atoms. The van der Waals surface area contributed by atoms with Gasteiger partial charge >= 0.3 is 16.1 Å². The van der Waals surface area contributed by atoms with Crippen molar-refractivity contribution >= 4 is 27.9 Å². The van der Waals surface area contributed by atoms with Gasteiger partial charge in [0.2, 0.25) is 0 Å². The predicted molar refractivity (Wildman–Crippen MR) is 122 cm³/mol. The zero-order valence-electron chi connectivity index (χ0n) is 18.0. The Bertz CT molecular complexity index is 953. The summed E-state index contributed by atoms with van der Waals surface area (Å²) in [7, 11) is -3.52. The van der Waals surface area contributed by atoms with E-state index in [4.69, 9.17) is 13.7 Å². The first-order chi connectivity index (χ1) is 14.8. The molecule has 0 aliphatic carbocycles. The van der Waals surface area contributed by atoms with Crippen LogP contribution in [0.1, 0.15) is 25.0 Å². The number of anilines is 1. The second-order valence-electron chi connectivity index (χ2n) is 6.74. The van der Waals surface area contributed by atoms with Crippen LogP contribution in [0.25, 0.3) is 6.08 Å². The van der Waals surface area contributed by atoms with E-state index in [1.54, 1.807) is 31.2 Å². The van der Waals surface area contributed by atoms with Gasteiger partial charge in [-0.2, -0.15) is 8.42 Å². The normalized spacial score (nSPS) is 12.5. The lowest BCUT2D eigenvalue weighted by Crippen LogP contribution is -2.28. The molecule has 168 valence electrons. The highest BCUT2D eigenvalue weighted by Gasteiger charge is 2.20. The highest BCUT2D eigenvalue weighted by Crippen LogP contribution is 2.16. The molecule has 2 aromatic rings. The van der Waals surface area contributed by atoms with Gasteiger partial charge in [-0.15, -0.1) is 0 Å². The second-order valence-corrected chi connectivity index (χ2v) is 8.31. The lowest BCUT2D eigenvalue weighted by atomic mass is 10.1. The van der Waals surface area contributed by atoms with Crippen molar-refractivity contribution in [1.29, 1.82) is 0 Å². The van der Waals surface area contributed by atoms with Crippen LogP contribution in [0.4, 0.5) is 5.69 Å². The molecular formula is C23H29NO6S. The van der Waals surface area contributed by atoms with Gasteiger partial charge in [-0.05, 0) is 49.2 Å². The van der Waals surface area contributed by atoms with Crippen LogP contribution in [-0.2, 0) is 30.8 Å². The average Bonchev–Trinajstić information content (AvgIpc) is 2.72. The zero-order chi connectivity index (χ0) is 22.7. The summed E-state index contributed by atoms with van der Waals surface area (Å²) in [6, 6.07) is 14.6. The third-order valence-corrected chi connectivity index (χ3v) is 4.65. The first-order valence-corrected chi connectivity index (χ1v) is 11.9. The molecule has 0 heterocycles. The number of ether oxygens (including phenoxy) is 2.